The molecule has 7 nitrogen and oxygen atoms in total. The number of carbonyl (C=O) groups excluding carboxylic acids is 1. The summed E-state index contributed by atoms with van der Waals surface area (Å²) in [7, 11) is 0. The number of anilines is 2. The summed E-state index contributed by atoms with van der Waals surface area (Å²) >= 11 is 6.38. The summed E-state index contributed by atoms with van der Waals surface area (Å²) in [6, 6.07) is 6.91. The Balaban J connectivity index is 0.00000320. The molecule has 30 heavy (non-hydrogen) atoms. The molecule has 2 aromatic rings. The number of nitrogens with zero attached hydrogens (tertiary/aromatic N) is 3. The van der Waals surface area contributed by atoms with Crippen molar-refractivity contribution in [3.8, 4) is 6.07 Å². The lowest BCUT2D eigenvalue weighted by molar-refractivity contribution is 0.262. The number of amides is 2. The quantitative estimate of drug-likeness (QED) is 0.528. The fourth-order valence-electron chi connectivity index (χ4n) is 3.48. The molecule has 160 valence electrons. The molecule has 2 amide bonds. The molecule has 3 rings (SSSR count). The minimum atomic E-state index is -0.457. The second kappa shape index (κ2) is 12.3. The Bertz CT molecular complexity index is 863. The van der Waals surface area contributed by atoms with E-state index in [0.29, 0.717) is 10.7 Å². The third kappa shape index (κ3) is 7.45. The van der Waals surface area contributed by atoms with Crippen LogP contribution in [0.1, 0.15) is 43.4 Å². The maximum atomic E-state index is 12.1. The Morgan fingerprint density at radius 3 is 2.63 bits per heavy atom. The van der Waals surface area contributed by atoms with E-state index in [1.165, 1.54) is 44.5 Å². The molecule has 0 bridgehead atoms. The highest BCUT2D eigenvalue weighted by Crippen LogP contribution is 2.23. The number of urea groups is 1. The minimum absolute atomic E-state index is 0. The van der Waals surface area contributed by atoms with Crippen LogP contribution in [0.25, 0.3) is 0 Å². The minimum Gasteiger partial charge on any atom is -0.316 e. The second-order valence-electron chi connectivity index (χ2n) is 7.24. The lowest BCUT2D eigenvalue weighted by Crippen LogP contribution is -2.26. The Labute approximate surface area is 188 Å². The molecule has 0 unspecified atom stereocenters. The van der Waals surface area contributed by atoms with Gasteiger partial charge in [0.05, 0.1) is 12.4 Å². The van der Waals surface area contributed by atoms with Gasteiger partial charge in [-0.25, -0.2) is 14.8 Å². The maximum Gasteiger partial charge on any atom is 0.324 e. The number of halogens is 2. The van der Waals surface area contributed by atoms with Crippen LogP contribution in [0, 0.1) is 17.2 Å². The van der Waals surface area contributed by atoms with Crippen molar-refractivity contribution in [3.63, 3.8) is 0 Å². The van der Waals surface area contributed by atoms with Gasteiger partial charge in [-0.3, -0.25) is 5.32 Å². The lowest BCUT2D eigenvalue weighted by Gasteiger charge is -2.21. The first-order valence-electron chi connectivity index (χ1n) is 9.93. The Hall–Kier alpha value is -2.40. The van der Waals surface area contributed by atoms with Gasteiger partial charge in [0.15, 0.2) is 11.5 Å². The highest BCUT2D eigenvalue weighted by molar-refractivity contribution is 6.31. The smallest absolute Gasteiger partial charge is 0.316 e. The van der Waals surface area contributed by atoms with Crippen LogP contribution in [0.15, 0.2) is 30.6 Å². The van der Waals surface area contributed by atoms with Crippen molar-refractivity contribution in [2.24, 2.45) is 5.92 Å². The fourth-order valence-corrected chi connectivity index (χ4v) is 3.75. The van der Waals surface area contributed by atoms with Crippen LogP contribution in [0.3, 0.4) is 0 Å². The molecule has 1 aliphatic carbocycles. The molecule has 0 atom stereocenters. The van der Waals surface area contributed by atoms with Crippen LogP contribution in [0.4, 0.5) is 16.3 Å². The summed E-state index contributed by atoms with van der Waals surface area (Å²) in [4.78, 5) is 19.9. The molecule has 0 spiro atoms. The standard InChI is InChI=1S/C21H25ClN6O.ClH/c22-19-10-17(27-21(29)28-20-14-25-18(11-23)13-26-20)7-6-16(19)8-9-24-12-15-4-2-1-3-5-15;/h6-7,10,13-15,24H,1-5,8-9,12H2,(H2,26,27,28,29);1H. The Morgan fingerprint density at radius 2 is 1.97 bits per heavy atom. The average Bonchev–Trinajstić information content (AvgIpc) is 2.74. The first kappa shape index (κ1) is 23.9. The zero-order valence-electron chi connectivity index (χ0n) is 16.7. The van der Waals surface area contributed by atoms with Crippen molar-refractivity contribution in [1.82, 2.24) is 15.3 Å². The molecule has 3 N–H and O–H groups in total. The van der Waals surface area contributed by atoms with E-state index in [0.717, 1.165) is 31.0 Å². The number of nitriles is 1. The van der Waals surface area contributed by atoms with Crippen LogP contribution >= 0.6 is 24.0 Å². The van der Waals surface area contributed by atoms with E-state index in [1.54, 1.807) is 6.07 Å². The van der Waals surface area contributed by atoms with E-state index in [-0.39, 0.29) is 23.9 Å². The molecule has 1 saturated carbocycles. The lowest BCUT2D eigenvalue weighted by atomic mass is 9.89. The number of rotatable bonds is 7. The topological polar surface area (TPSA) is 103 Å². The largest absolute Gasteiger partial charge is 0.324 e. The van der Waals surface area contributed by atoms with E-state index in [2.05, 4.69) is 25.9 Å². The number of nitrogens with one attached hydrogen (secondary N) is 3. The van der Waals surface area contributed by atoms with Crippen molar-refractivity contribution < 1.29 is 4.79 Å². The van der Waals surface area contributed by atoms with Gasteiger partial charge in [-0.05, 0) is 56.0 Å². The third-order valence-corrected chi connectivity index (χ3v) is 5.40. The SMILES string of the molecule is Cl.N#Cc1cnc(NC(=O)Nc2ccc(CCNCC3CCCCC3)c(Cl)c2)cn1. The van der Waals surface area contributed by atoms with Crippen LogP contribution in [-0.2, 0) is 6.42 Å². The van der Waals surface area contributed by atoms with Gasteiger partial charge in [0, 0.05) is 10.7 Å². The first-order chi connectivity index (χ1) is 14.1. The van der Waals surface area contributed by atoms with Crippen molar-refractivity contribution in [2.75, 3.05) is 23.7 Å². The predicted molar refractivity (Wildman–Crippen MR) is 121 cm³/mol. The number of benzene rings is 1. The summed E-state index contributed by atoms with van der Waals surface area (Å²) in [5.74, 6) is 1.07. The predicted octanol–water partition coefficient (Wildman–Crippen LogP) is 4.78. The van der Waals surface area contributed by atoms with Crippen molar-refractivity contribution in [3.05, 3.63) is 46.9 Å². The number of carbonyl (C=O) groups is 1. The summed E-state index contributed by atoms with van der Waals surface area (Å²) in [5, 5.41) is 18.2. The number of hydrogen-bond donors (Lipinski definition) is 3. The van der Waals surface area contributed by atoms with Crippen LogP contribution in [-0.4, -0.2) is 29.1 Å². The second-order valence-corrected chi connectivity index (χ2v) is 7.65. The highest BCUT2D eigenvalue weighted by Gasteiger charge is 2.12. The first-order valence-corrected chi connectivity index (χ1v) is 10.3. The highest BCUT2D eigenvalue weighted by atomic mass is 35.5. The van der Waals surface area contributed by atoms with Gasteiger partial charge < -0.3 is 10.6 Å². The monoisotopic (exact) mass is 448 g/mol. The average molecular weight is 449 g/mol. The van der Waals surface area contributed by atoms with Crippen LogP contribution in [0.5, 0.6) is 0 Å². The van der Waals surface area contributed by atoms with E-state index >= 15 is 0 Å². The molecule has 0 radical (unpaired) electrons. The van der Waals surface area contributed by atoms with Gasteiger partial charge >= 0.3 is 6.03 Å². The maximum absolute atomic E-state index is 12.1. The molecule has 0 saturated heterocycles. The molecule has 1 fully saturated rings. The van der Waals surface area contributed by atoms with Crippen LogP contribution in [0.2, 0.25) is 5.02 Å². The van der Waals surface area contributed by atoms with E-state index in [9.17, 15) is 4.79 Å². The number of hydrogen-bond acceptors (Lipinski definition) is 5. The zero-order valence-corrected chi connectivity index (χ0v) is 18.2. The molecular weight excluding hydrogens is 423 g/mol. The molecule has 1 aromatic carbocycles. The molecule has 1 aromatic heterocycles. The van der Waals surface area contributed by atoms with Gasteiger partial charge in [-0.15, -0.1) is 12.4 Å². The van der Waals surface area contributed by atoms with E-state index in [4.69, 9.17) is 16.9 Å². The third-order valence-electron chi connectivity index (χ3n) is 5.05. The van der Waals surface area contributed by atoms with E-state index < -0.39 is 6.03 Å². The molecule has 9 heteroatoms. The zero-order chi connectivity index (χ0) is 20.5. The molecule has 1 heterocycles. The Morgan fingerprint density at radius 1 is 1.17 bits per heavy atom. The van der Waals surface area contributed by atoms with Crippen molar-refractivity contribution in [1.29, 1.82) is 5.26 Å². The number of aromatic nitrogens is 2. The van der Waals surface area contributed by atoms with Gasteiger partial charge in [0.25, 0.3) is 0 Å². The van der Waals surface area contributed by atoms with Crippen molar-refractivity contribution >= 4 is 41.5 Å². The van der Waals surface area contributed by atoms with Gasteiger partial charge in [0.1, 0.15) is 6.07 Å². The van der Waals surface area contributed by atoms with Crippen molar-refractivity contribution in [2.45, 2.75) is 38.5 Å². The Kier molecular flexibility index (Phi) is 9.81. The molecule has 1 aliphatic rings. The fraction of sp³-hybridized carbons (Fsp3) is 0.429. The summed E-state index contributed by atoms with van der Waals surface area (Å²) in [6.07, 6.45) is 10.2. The van der Waals surface area contributed by atoms with Gasteiger partial charge in [-0.1, -0.05) is 36.9 Å². The molecular formula is C21H26Cl2N6O. The van der Waals surface area contributed by atoms with Gasteiger partial charge in [-0.2, -0.15) is 5.26 Å². The summed E-state index contributed by atoms with van der Waals surface area (Å²) in [6.45, 7) is 1.97. The van der Waals surface area contributed by atoms with Gasteiger partial charge in [0.2, 0.25) is 0 Å². The molecule has 0 aliphatic heterocycles. The summed E-state index contributed by atoms with van der Waals surface area (Å²) < 4.78 is 0. The summed E-state index contributed by atoms with van der Waals surface area (Å²) in [5.41, 5.74) is 1.83. The van der Waals surface area contributed by atoms with Crippen LogP contribution < -0.4 is 16.0 Å². The van der Waals surface area contributed by atoms with E-state index in [1.807, 2.05) is 18.2 Å². The normalized spacial score (nSPS) is 13.7.